The van der Waals surface area contributed by atoms with E-state index in [1.165, 1.54) is 11.3 Å². The maximum Gasteiger partial charge on any atom is 0.253 e. The van der Waals surface area contributed by atoms with Gasteiger partial charge in [-0.2, -0.15) is 0 Å². The van der Waals surface area contributed by atoms with E-state index in [1.807, 2.05) is 0 Å². The molecule has 6 heteroatoms. The lowest BCUT2D eigenvalue weighted by Crippen LogP contribution is -2.23. The largest absolute Gasteiger partial charge is 0.397 e. The molecule has 1 aliphatic rings. The Kier molecular flexibility index (Phi) is 4.04. The van der Waals surface area contributed by atoms with E-state index in [4.69, 9.17) is 11.5 Å². The number of ketones is 1. The number of nitrogens with zero attached hydrogens (tertiary/aromatic N) is 1. The van der Waals surface area contributed by atoms with E-state index in [2.05, 4.69) is 18.7 Å². The third kappa shape index (κ3) is 2.40. The second-order valence-corrected chi connectivity index (χ2v) is 6.52. The molecule has 2 atom stereocenters. The Bertz CT molecular complexity index is 543. The summed E-state index contributed by atoms with van der Waals surface area (Å²) < 4.78 is 0. The van der Waals surface area contributed by atoms with E-state index < -0.39 is 5.91 Å². The Morgan fingerprint density at radius 2 is 1.85 bits per heavy atom. The van der Waals surface area contributed by atoms with Crippen molar-refractivity contribution < 1.29 is 9.59 Å². The van der Waals surface area contributed by atoms with E-state index in [0.29, 0.717) is 28.7 Å². The first-order valence-electron chi connectivity index (χ1n) is 6.87. The predicted molar refractivity (Wildman–Crippen MR) is 82.4 cm³/mol. The molecule has 110 valence electrons. The molecule has 0 radical (unpaired) electrons. The molecule has 2 unspecified atom stereocenters. The van der Waals surface area contributed by atoms with Gasteiger partial charge in [-0.25, -0.2) is 0 Å². The maximum atomic E-state index is 11.9. The van der Waals surface area contributed by atoms with Gasteiger partial charge in [0.2, 0.25) is 0 Å². The summed E-state index contributed by atoms with van der Waals surface area (Å²) in [5.41, 5.74) is 12.0. The quantitative estimate of drug-likeness (QED) is 0.833. The normalized spacial score (nSPS) is 22.2. The lowest BCUT2D eigenvalue weighted by molar-refractivity contribution is 0.0991. The van der Waals surface area contributed by atoms with Gasteiger partial charge in [0.1, 0.15) is 5.00 Å². The van der Waals surface area contributed by atoms with Gasteiger partial charge in [-0.05, 0) is 11.8 Å². The Balaban J connectivity index is 2.47. The molecule has 5 nitrogen and oxygen atoms in total. The highest BCUT2D eigenvalue weighted by Gasteiger charge is 2.32. The first-order valence-corrected chi connectivity index (χ1v) is 7.68. The van der Waals surface area contributed by atoms with Crippen molar-refractivity contribution in [2.24, 2.45) is 17.6 Å². The van der Waals surface area contributed by atoms with Gasteiger partial charge in [0, 0.05) is 19.5 Å². The molecule has 0 saturated carbocycles. The summed E-state index contributed by atoms with van der Waals surface area (Å²) in [6.45, 7) is 7.88. The van der Waals surface area contributed by atoms with Crippen LogP contribution in [0.25, 0.3) is 0 Å². The minimum atomic E-state index is -0.559. The number of amides is 1. The Labute approximate surface area is 122 Å². The minimum Gasteiger partial charge on any atom is -0.397 e. The van der Waals surface area contributed by atoms with Gasteiger partial charge in [-0.15, -0.1) is 11.3 Å². The number of primary amides is 1. The van der Waals surface area contributed by atoms with Crippen molar-refractivity contribution in [2.75, 3.05) is 23.7 Å². The first-order chi connectivity index (χ1) is 9.36. The van der Waals surface area contributed by atoms with Gasteiger partial charge in [0.05, 0.1) is 16.1 Å². The van der Waals surface area contributed by atoms with Crippen molar-refractivity contribution >= 4 is 33.7 Å². The summed E-state index contributed by atoms with van der Waals surface area (Å²) in [6, 6.07) is 0. The van der Waals surface area contributed by atoms with Crippen LogP contribution in [0.4, 0.5) is 10.7 Å². The number of hydrogen-bond acceptors (Lipinski definition) is 5. The zero-order valence-electron chi connectivity index (χ0n) is 12.1. The van der Waals surface area contributed by atoms with Crippen LogP contribution >= 0.6 is 11.3 Å². The van der Waals surface area contributed by atoms with Crippen LogP contribution in [0, 0.1) is 11.8 Å². The highest BCUT2D eigenvalue weighted by molar-refractivity contribution is 7.19. The molecule has 1 amide bonds. The van der Waals surface area contributed by atoms with Crippen LogP contribution in [0.2, 0.25) is 0 Å². The van der Waals surface area contributed by atoms with E-state index in [-0.39, 0.29) is 11.5 Å². The molecule has 1 aromatic rings. The number of Topliss-reactive ketones (excluding diaryl/α,β-unsaturated/α-hetero) is 1. The summed E-state index contributed by atoms with van der Waals surface area (Å²) in [4.78, 5) is 26.2. The fourth-order valence-electron chi connectivity index (χ4n) is 2.56. The summed E-state index contributed by atoms with van der Waals surface area (Å²) in [6.07, 6.45) is 0.370. The number of rotatable bonds is 4. The molecule has 1 aliphatic heterocycles. The number of carbonyl (C=O) groups is 2. The van der Waals surface area contributed by atoms with Gasteiger partial charge in [-0.1, -0.05) is 20.8 Å². The average molecular weight is 295 g/mol. The highest BCUT2D eigenvalue weighted by atomic mass is 32.1. The number of anilines is 2. The topological polar surface area (TPSA) is 89.4 Å². The smallest absolute Gasteiger partial charge is 0.253 e. The van der Waals surface area contributed by atoms with E-state index in [0.717, 1.165) is 18.1 Å². The van der Waals surface area contributed by atoms with Crippen molar-refractivity contribution in [2.45, 2.75) is 27.2 Å². The zero-order chi connectivity index (χ0) is 15.0. The third-order valence-electron chi connectivity index (χ3n) is 4.02. The van der Waals surface area contributed by atoms with Crippen molar-refractivity contribution in [1.29, 1.82) is 0 Å². The van der Waals surface area contributed by atoms with Gasteiger partial charge >= 0.3 is 0 Å². The van der Waals surface area contributed by atoms with Crippen LogP contribution in [0.1, 0.15) is 47.2 Å². The molecule has 0 aliphatic carbocycles. The number of carbonyl (C=O) groups excluding carboxylic acids is 2. The lowest BCUT2D eigenvalue weighted by atomic mass is 10.0. The third-order valence-corrected chi connectivity index (χ3v) is 5.33. The van der Waals surface area contributed by atoms with E-state index in [9.17, 15) is 9.59 Å². The fraction of sp³-hybridized carbons (Fsp3) is 0.571. The van der Waals surface area contributed by atoms with E-state index in [1.54, 1.807) is 6.92 Å². The Hall–Kier alpha value is -1.56. The Morgan fingerprint density at radius 3 is 2.30 bits per heavy atom. The van der Waals surface area contributed by atoms with Crippen LogP contribution < -0.4 is 16.4 Å². The Morgan fingerprint density at radius 1 is 1.30 bits per heavy atom. The van der Waals surface area contributed by atoms with Crippen molar-refractivity contribution in [3.05, 3.63) is 10.4 Å². The highest BCUT2D eigenvalue weighted by Crippen LogP contribution is 2.41. The number of nitrogen functional groups attached to an aromatic ring is 1. The summed E-state index contributed by atoms with van der Waals surface area (Å²) in [5, 5.41) is 0.753. The molecule has 2 heterocycles. The molecule has 1 saturated heterocycles. The molecule has 0 aromatic carbocycles. The van der Waals surface area contributed by atoms with Crippen LogP contribution in [0.3, 0.4) is 0 Å². The zero-order valence-corrected chi connectivity index (χ0v) is 12.9. The molecule has 20 heavy (non-hydrogen) atoms. The van der Waals surface area contributed by atoms with Gasteiger partial charge in [0.25, 0.3) is 5.91 Å². The first kappa shape index (κ1) is 14.8. The molecule has 0 spiro atoms. The minimum absolute atomic E-state index is 0.0402. The number of nitrogens with two attached hydrogens (primary N) is 2. The SMILES string of the molecule is CCC(=O)c1sc(N2CC(C)C(C)C2)c(C(N)=O)c1N. The summed E-state index contributed by atoms with van der Waals surface area (Å²) in [5.74, 6) is 0.492. The average Bonchev–Trinajstić information content (AvgIpc) is 2.90. The summed E-state index contributed by atoms with van der Waals surface area (Å²) in [7, 11) is 0. The molecule has 1 aromatic heterocycles. The second kappa shape index (κ2) is 5.44. The predicted octanol–water partition coefficient (Wildman–Crippen LogP) is 2.11. The van der Waals surface area contributed by atoms with Crippen LogP contribution in [0.15, 0.2) is 0 Å². The summed E-state index contributed by atoms with van der Waals surface area (Å²) >= 11 is 1.30. The van der Waals surface area contributed by atoms with Gasteiger partial charge in [0.15, 0.2) is 5.78 Å². The monoisotopic (exact) mass is 295 g/mol. The lowest BCUT2D eigenvalue weighted by Gasteiger charge is -2.17. The fourth-order valence-corrected chi connectivity index (χ4v) is 3.81. The van der Waals surface area contributed by atoms with Crippen LogP contribution in [-0.2, 0) is 0 Å². The van der Waals surface area contributed by atoms with Crippen LogP contribution in [0.5, 0.6) is 0 Å². The second-order valence-electron chi connectivity index (χ2n) is 5.53. The standard InChI is InChI=1S/C14H21N3O2S/c1-4-9(18)12-11(15)10(13(16)19)14(20-12)17-5-7(2)8(3)6-17/h7-8H,4-6,15H2,1-3H3,(H2,16,19). The molecule has 1 fully saturated rings. The molecule has 4 N–H and O–H groups in total. The number of thiophene rings is 1. The van der Waals surface area contributed by atoms with Gasteiger partial charge in [-0.3, -0.25) is 9.59 Å². The molecule has 0 bridgehead atoms. The maximum absolute atomic E-state index is 11.9. The molecular weight excluding hydrogens is 274 g/mol. The molecular formula is C14H21N3O2S. The van der Waals surface area contributed by atoms with Crippen molar-refractivity contribution in [3.63, 3.8) is 0 Å². The van der Waals surface area contributed by atoms with Crippen molar-refractivity contribution in [1.82, 2.24) is 0 Å². The molecule has 2 rings (SSSR count). The number of hydrogen-bond donors (Lipinski definition) is 2. The van der Waals surface area contributed by atoms with Crippen LogP contribution in [-0.4, -0.2) is 24.8 Å². The van der Waals surface area contributed by atoms with E-state index >= 15 is 0 Å². The van der Waals surface area contributed by atoms with Crippen molar-refractivity contribution in [3.8, 4) is 0 Å². The van der Waals surface area contributed by atoms with Gasteiger partial charge < -0.3 is 16.4 Å².